The van der Waals surface area contributed by atoms with Gasteiger partial charge in [0.25, 0.3) is 0 Å². The van der Waals surface area contributed by atoms with Crippen LogP contribution in [0.25, 0.3) is 0 Å². The van der Waals surface area contributed by atoms with E-state index < -0.39 is 0 Å². The highest BCUT2D eigenvalue weighted by Crippen LogP contribution is 2.33. The molecule has 1 saturated carbocycles. The second-order valence-corrected chi connectivity index (χ2v) is 7.82. The monoisotopic (exact) mass is 315 g/mol. The van der Waals surface area contributed by atoms with Crippen molar-refractivity contribution in [3.8, 4) is 0 Å². The molecule has 0 aromatic carbocycles. The van der Waals surface area contributed by atoms with Crippen LogP contribution in [0, 0.1) is 5.41 Å². The Bertz CT molecular complexity index is 359. The highest BCUT2D eigenvalue weighted by Gasteiger charge is 2.23. The Kier molecular flexibility index (Phi) is 4.67. The highest BCUT2D eigenvalue weighted by molar-refractivity contribution is 9.10. The summed E-state index contributed by atoms with van der Waals surface area (Å²) < 4.78 is 1.21. The van der Waals surface area contributed by atoms with E-state index in [1.807, 2.05) is 11.3 Å². The summed E-state index contributed by atoms with van der Waals surface area (Å²) >= 11 is 5.34. The molecule has 0 amide bonds. The molecule has 1 aromatic rings. The average Bonchev–Trinajstić information content (AvgIpc) is 2.59. The molecule has 0 bridgehead atoms. The average molecular weight is 316 g/mol. The minimum absolute atomic E-state index is 0.558. The molecule has 0 radical (unpaired) electrons. The van der Waals surface area contributed by atoms with Gasteiger partial charge in [0.05, 0.1) is 0 Å². The zero-order chi connectivity index (χ0) is 12.3. The molecule has 1 N–H and O–H groups in total. The molecule has 1 nitrogen and oxygen atoms in total. The first kappa shape index (κ1) is 13.6. The van der Waals surface area contributed by atoms with E-state index in [0.717, 1.165) is 12.6 Å². The third kappa shape index (κ3) is 4.38. The van der Waals surface area contributed by atoms with Crippen molar-refractivity contribution in [2.45, 2.75) is 58.5 Å². The molecule has 0 aliphatic heterocycles. The van der Waals surface area contributed by atoms with E-state index in [0.29, 0.717) is 5.41 Å². The van der Waals surface area contributed by atoms with Gasteiger partial charge in [-0.1, -0.05) is 20.3 Å². The van der Waals surface area contributed by atoms with Gasteiger partial charge in [0.2, 0.25) is 0 Å². The van der Waals surface area contributed by atoms with Crippen LogP contribution >= 0.6 is 27.3 Å². The van der Waals surface area contributed by atoms with Gasteiger partial charge in [-0.05, 0) is 53.1 Å². The molecule has 1 atom stereocenters. The predicted molar refractivity (Wildman–Crippen MR) is 79.5 cm³/mol. The normalized spacial score (nSPS) is 24.5. The predicted octanol–water partition coefficient (Wildman–Crippen LogP) is 4.96. The summed E-state index contributed by atoms with van der Waals surface area (Å²) in [5.74, 6) is 0. The fraction of sp³-hybridized carbons (Fsp3) is 0.714. The van der Waals surface area contributed by atoms with Crippen molar-refractivity contribution in [3.63, 3.8) is 0 Å². The van der Waals surface area contributed by atoms with E-state index in [1.54, 1.807) is 0 Å². The Labute approximate surface area is 117 Å². The first-order valence-electron chi connectivity index (χ1n) is 6.51. The zero-order valence-corrected chi connectivity index (χ0v) is 13.2. The molecule has 1 fully saturated rings. The minimum atomic E-state index is 0.558. The van der Waals surface area contributed by atoms with Gasteiger partial charge in [0.1, 0.15) is 0 Å². The van der Waals surface area contributed by atoms with Gasteiger partial charge >= 0.3 is 0 Å². The Morgan fingerprint density at radius 2 is 2.24 bits per heavy atom. The van der Waals surface area contributed by atoms with Crippen molar-refractivity contribution in [3.05, 3.63) is 20.8 Å². The molecule has 1 unspecified atom stereocenters. The molecule has 0 saturated heterocycles. The molecule has 1 heterocycles. The van der Waals surface area contributed by atoms with Crippen molar-refractivity contribution >= 4 is 27.3 Å². The lowest BCUT2D eigenvalue weighted by Crippen LogP contribution is -2.27. The molecule has 2 rings (SSSR count). The minimum Gasteiger partial charge on any atom is -0.309 e. The maximum Gasteiger partial charge on any atom is 0.0302 e. The van der Waals surface area contributed by atoms with Crippen LogP contribution in [0.1, 0.15) is 50.8 Å². The van der Waals surface area contributed by atoms with Crippen molar-refractivity contribution in [1.29, 1.82) is 0 Å². The largest absolute Gasteiger partial charge is 0.309 e. The van der Waals surface area contributed by atoms with Crippen molar-refractivity contribution in [2.24, 2.45) is 5.41 Å². The van der Waals surface area contributed by atoms with Gasteiger partial charge in [0, 0.05) is 27.3 Å². The Morgan fingerprint density at radius 3 is 2.94 bits per heavy atom. The van der Waals surface area contributed by atoms with Crippen molar-refractivity contribution < 1.29 is 0 Å². The first-order chi connectivity index (χ1) is 8.05. The van der Waals surface area contributed by atoms with Crippen LogP contribution in [0.2, 0.25) is 0 Å². The van der Waals surface area contributed by atoms with Gasteiger partial charge in [-0.2, -0.15) is 0 Å². The summed E-state index contributed by atoms with van der Waals surface area (Å²) in [4.78, 5) is 1.43. The number of hydrogen-bond acceptors (Lipinski definition) is 2. The summed E-state index contributed by atoms with van der Waals surface area (Å²) in [6.45, 7) is 5.85. The smallest absolute Gasteiger partial charge is 0.0302 e. The van der Waals surface area contributed by atoms with Crippen LogP contribution in [0.15, 0.2) is 15.9 Å². The van der Waals surface area contributed by atoms with Crippen LogP contribution in [0.5, 0.6) is 0 Å². The fourth-order valence-corrected chi connectivity index (χ4v) is 3.96. The number of thiophene rings is 1. The van der Waals surface area contributed by atoms with Crippen LogP contribution in [-0.4, -0.2) is 6.04 Å². The third-order valence-electron chi connectivity index (χ3n) is 3.76. The third-order valence-corrected chi connectivity index (χ3v) is 5.46. The quantitative estimate of drug-likeness (QED) is 0.777. The zero-order valence-electron chi connectivity index (χ0n) is 10.8. The molecule has 1 aliphatic carbocycles. The van der Waals surface area contributed by atoms with Crippen molar-refractivity contribution in [2.75, 3.05) is 0 Å². The first-order valence-corrected chi connectivity index (χ1v) is 8.19. The van der Waals surface area contributed by atoms with Crippen LogP contribution in [-0.2, 0) is 6.54 Å². The molecule has 17 heavy (non-hydrogen) atoms. The summed E-state index contributed by atoms with van der Waals surface area (Å²) in [7, 11) is 0. The highest BCUT2D eigenvalue weighted by atomic mass is 79.9. The Balaban J connectivity index is 1.79. The number of halogens is 1. The number of hydrogen-bond donors (Lipinski definition) is 1. The van der Waals surface area contributed by atoms with Gasteiger partial charge < -0.3 is 5.32 Å². The number of rotatable bonds is 3. The summed E-state index contributed by atoms with van der Waals surface area (Å²) in [6.07, 6.45) is 6.79. The van der Waals surface area contributed by atoms with E-state index in [2.05, 4.69) is 46.5 Å². The number of nitrogens with one attached hydrogen (secondary N) is 1. The second-order valence-electron chi connectivity index (χ2n) is 5.90. The lowest BCUT2D eigenvalue weighted by molar-refractivity contribution is 0.309. The molecule has 1 aromatic heterocycles. The lowest BCUT2D eigenvalue weighted by atomic mass is 9.85. The van der Waals surface area contributed by atoms with Crippen molar-refractivity contribution in [1.82, 2.24) is 5.32 Å². The molecular formula is C14H22BrNS. The van der Waals surface area contributed by atoms with E-state index in [-0.39, 0.29) is 0 Å². The second kappa shape index (κ2) is 5.85. The van der Waals surface area contributed by atoms with Gasteiger partial charge in [0.15, 0.2) is 0 Å². The maximum atomic E-state index is 3.72. The van der Waals surface area contributed by atoms with E-state index in [4.69, 9.17) is 0 Å². The topological polar surface area (TPSA) is 12.0 Å². The Hall–Kier alpha value is 0.140. The Morgan fingerprint density at radius 1 is 1.41 bits per heavy atom. The molecule has 3 heteroatoms. The molecule has 96 valence electrons. The fourth-order valence-electron chi connectivity index (χ4n) is 2.56. The van der Waals surface area contributed by atoms with Gasteiger partial charge in [-0.15, -0.1) is 11.3 Å². The van der Waals surface area contributed by atoms with Gasteiger partial charge in [-0.3, -0.25) is 0 Å². The van der Waals surface area contributed by atoms with Gasteiger partial charge in [-0.25, -0.2) is 0 Å². The summed E-state index contributed by atoms with van der Waals surface area (Å²) in [6, 6.07) is 2.94. The lowest BCUT2D eigenvalue weighted by Gasteiger charge is -2.22. The SMILES string of the molecule is CC1(C)CCCC(NCc2cc(Br)cs2)CC1. The van der Waals surface area contributed by atoms with E-state index in [1.165, 1.54) is 41.5 Å². The maximum absolute atomic E-state index is 3.72. The molecule has 0 spiro atoms. The van der Waals surface area contributed by atoms with E-state index >= 15 is 0 Å². The molecular weight excluding hydrogens is 294 g/mol. The van der Waals surface area contributed by atoms with Crippen LogP contribution in [0.3, 0.4) is 0 Å². The molecule has 1 aliphatic rings. The standard InChI is InChI=1S/C14H22BrNS/c1-14(2)6-3-4-12(5-7-14)16-9-13-8-11(15)10-17-13/h8,10,12,16H,3-7,9H2,1-2H3. The van der Waals surface area contributed by atoms with E-state index in [9.17, 15) is 0 Å². The van der Waals surface area contributed by atoms with Crippen LogP contribution in [0.4, 0.5) is 0 Å². The van der Waals surface area contributed by atoms with Crippen LogP contribution < -0.4 is 5.32 Å². The summed E-state index contributed by atoms with van der Waals surface area (Å²) in [5, 5.41) is 5.88. The summed E-state index contributed by atoms with van der Waals surface area (Å²) in [5.41, 5.74) is 0.558.